The van der Waals surface area contributed by atoms with Crippen molar-refractivity contribution < 1.29 is 13.9 Å². The minimum Gasteiger partial charge on any atom is -0.467 e. The monoisotopic (exact) mass is 320 g/mol. The number of hydrogen-bond donors (Lipinski definition) is 0. The normalized spacial score (nSPS) is 14.9. The first kappa shape index (κ1) is 14.9. The Morgan fingerprint density at radius 3 is 2.55 bits per heavy atom. The molecule has 5 nitrogen and oxygen atoms in total. The van der Waals surface area contributed by atoms with Gasteiger partial charge in [0.05, 0.1) is 26.0 Å². The fourth-order valence-electron chi connectivity index (χ4n) is 2.37. The summed E-state index contributed by atoms with van der Waals surface area (Å²) in [5.74, 6) is 0.733. The van der Waals surface area contributed by atoms with E-state index in [2.05, 4.69) is 0 Å². The van der Waals surface area contributed by atoms with Crippen molar-refractivity contribution in [1.82, 2.24) is 4.90 Å². The van der Waals surface area contributed by atoms with E-state index in [0.717, 1.165) is 11.4 Å². The lowest BCUT2D eigenvalue weighted by Crippen LogP contribution is -2.48. The Kier molecular flexibility index (Phi) is 4.65. The predicted molar refractivity (Wildman–Crippen MR) is 84.1 cm³/mol. The first-order valence-electron chi connectivity index (χ1n) is 7.16. The van der Waals surface area contributed by atoms with Crippen LogP contribution in [0, 0.1) is 0 Å². The molecule has 2 aromatic rings. The Balaban J connectivity index is 1.84. The molecule has 2 heterocycles. The van der Waals surface area contributed by atoms with Crippen LogP contribution in [0.2, 0.25) is 5.02 Å². The van der Waals surface area contributed by atoms with Crippen molar-refractivity contribution >= 4 is 23.3 Å². The average Bonchev–Trinajstić information content (AvgIpc) is 3.07. The highest BCUT2D eigenvalue weighted by molar-refractivity contribution is 6.30. The molecular weight excluding hydrogens is 304 g/mol. The Bertz CT molecular complexity index is 607. The first-order valence-corrected chi connectivity index (χ1v) is 7.54. The molecule has 1 fully saturated rings. The number of urea groups is 1. The summed E-state index contributed by atoms with van der Waals surface area (Å²) in [5.41, 5.74) is 0.789. The first-order chi connectivity index (χ1) is 10.7. The molecule has 22 heavy (non-hydrogen) atoms. The highest BCUT2D eigenvalue weighted by Crippen LogP contribution is 2.22. The summed E-state index contributed by atoms with van der Waals surface area (Å²) in [6.45, 7) is 2.72. The van der Waals surface area contributed by atoms with Crippen molar-refractivity contribution in [2.24, 2.45) is 0 Å². The smallest absolute Gasteiger partial charge is 0.325 e. The lowest BCUT2D eigenvalue weighted by molar-refractivity contribution is 0.0547. The summed E-state index contributed by atoms with van der Waals surface area (Å²) in [4.78, 5) is 16.3. The van der Waals surface area contributed by atoms with Gasteiger partial charge in [0.25, 0.3) is 0 Å². The number of amides is 2. The Morgan fingerprint density at radius 1 is 1.18 bits per heavy atom. The third kappa shape index (κ3) is 3.43. The minimum absolute atomic E-state index is 0.0537. The SMILES string of the molecule is O=C(N1CCOCC1)N(Cc1ccco1)c1ccc(Cl)cc1. The summed E-state index contributed by atoms with van der Waals surface area (Å²) < 4.78 is 10.7. The van der Waals surface area contributed by atoms with E-state index < -0.39 is 0 Å². The quantitative estimate of drug-likeness (QED) is 0.871. The van der Waals surface area contributed by atoms with Crippen molar-refractivity contribution in [3.05, 3.63) is 53.4 Å². The van der Waals surface area contributed by atoms with E-state index in [0.29, 0.717) is 37.9 Å². The van der Waals surface area contributed by atoms with Crippen molar-refractivity contribution in [2.75, 3.05) is 31.2 Å². The molecule has 0 radical (unpaired) electrons. The molecular formula is C16H17ClN2O3. The number of benzene rings is 1. The standard InChI is InChI=1S/C16H17ClN2O3/c17-13-3-5-14(6-4-13)19(12-15-2-1-9-22-15)16(20)18-7-10-21-11-8-18/h1-6,9H,7-8,10-12H2. The van der Waals surface area contributed by atoms with Crippen LogP contribution in [-0.2, 0) is 11.3 Å². The highest BCUT2D eigenvalue weighted by atomic mass is 35.5. The van der Waals surface area contributed by atoms with Crippen molar-refractivity contribution in [3.63, 3.8) is 0 Å². The molecule has 0 aliphatic carbocycles. The van der Waals surface area contributed by atoms with Gasteiger partial charge < -0.3 is 14.1 Å². The highest BCUT2D eigenvalue weighted by Gasteiger charge is 2.25. The fraction of sp³-hybridized carbons (Fsp3) is 0.312. The van der Waals surface area contributed by atoms with Gasteiger partial charge in [-0.1, -0.05) is 11.6 Å². The number of morpholine rings is 1. The molecule has 1 aromatic carbocycles. The molecule has 0 atom stereocenters. The minimum atomic E-state index is -0.0537. The van der Waals surface area contributed by atoms with Gasteiger partial charge in [-0.15, -0.1) is 0 Å². The van der Waals surface area contributed by atoms with E-state index in [-0.39, 0.29) is 6.03 Å². The van der Waals surface area contributed by atoms with Gasteiger partial charge in [-0.25, -0.2) is 4.79 Å². The van der Waals surface area contributed by atoms with Crippen LogP contribution in [0.25, 0.3) is 0 Å². The Morgan fingerprint density at radius 2 is 1.91 bits per heavy atom. The predicted octanol–water partition coefficient (Wildman–Crippen LogP) is 3.39. The van der Waals surface area contributed by atoms with Crippen LogP contribution >= 0.6 is 11.6 Å². The second kappa shape index (κ2) is 6.85. The number of carbonyl (C=O) groups is 1. The zero-order chi connectivity index (χ0) is 15.4. The maximum atomic E-state index is 12.8. The number of ether oxygens (including phenoxy) is 1. The fourth-order valence-corrected chi connectivity index (χ4v) is 2.50. The van der Waals surface area contributed by atoms with E-state index in [9.17, 15) is 4.79 Å². The zero-order valence-corrected chi connectivity index (χ0v) is 12.8. The third-order valence-corrected chi connectivity index (χ3v) is 3.80. The van der Waals surface area contributed by atoms with Crippen LogP contribution in [0.1, 0.15) is 5.76 Å². The zero-order valence-electron chi connectivity index (χ0n) is 12.1. The van der Waals surface area contributed by atoms with Crippen molar-refractivity contribution in [3.8, 4) is 0 Å². The van der Waals surface area contributed by atoms with Gasteiger partial charge in [-0.3, -0.25) is 4.90 Å². The molecule has 1 aliphatic heterocycles. The molecule has 6 heteroatoms. The van der Waals surface area contributed by atoms with Gasteiger partial charge >= 0.3 is 6.03 Å². The van der Waals surface area contributed by atoms with Crippen LogP contribution in [0.5, 0.6) is 0 Å². The molecule has 1 aromatic heterocycles. The Hall–Kier alpha value is -1.98. The summed E-state index contributed by atoms with van der Waals surface area (Å²) in [5, 5.41) is 0.639. The lowest BCUT2D eigenvalue weighted by atomic mass is 10.2. The van der Waals surface area contributed by atoms with Gasteiger partial charge in [0, 0.05) is 23.8 Å². The number of anilines is 1. The van der Waals surface area contributed by atoms with E-state index in [1.54, 1.807) is 28.2 Å². The third-order valence-electron chi connectivity index (χ3n) is 3.54. The summed E-state index contributed by atoms with van der Waals surface area (Å²) >= 11 is 5.94. The molecule has 0 unspecified atom stereocenters. The maximum absolute atomic E-state index is 12.8. The van der Waals surface area contributed by atoms with E-state index in [1.807, 2.05) is 24.3 Å². The molecule has 0 bridgehead atoms. The number of rotatable bonds is 3. The van der Waals surface area contributed by atoms with Gasteiger partial charge in [0.15, 0.2) is 0 Å². The summed E-state index contributed by atoms with van der Waals surface area (Å²) in [7, 11) is 0. The number of furan rings is 1. The van der Waals surface area contributed by atoms with Gasteiger partial charge in [0.2, 0.25) is 0 Å². The molecule has 1 saturated heterocycles. The van der Waals surface area contributed by atoms with Gasteiger partial charge in [0.1, 0.15) is 5.76 Å². The number of halogens is 1. The molecule has 0 N–H and O–H groups in total. The van der Waals surface area contributed by atoms with Crippen LogP contribution < -0.4 is 4.90 Å². The van der Waals surface area contributed by atoms with Crippen LogP contribution in [0.15, 0.2) is 47.1 Å². The number of carbonyl (C=O) groups excluding carboxylic acids is 1. The average molecular weight is 321 g/mol. The van der Waals surface area contributed by atoms with E-state index >= 15 is 0 Å². The summed E-state index contributed by atoms with van der Waals surface area (Å²) in [6, 6.07) is 10.8. The largest absolute Gasteiger partial charge is 0.467 e. The van der Waals surface area contributed by atoms with E-state index in [1.165, 1.54) is 0 Å². The number of hydrogen-bond acceptors (Lipinski definition) is 3. The maximum Gasteiger partial charge on any atom is 0.325 e. The van der Waals surface area contributed by atoms with Gasteiger partial charge in [-0.05, 0) is 36.4 Å². The molecule has 116 valence electrons. The van der Waals surface area contributed by atoms with Crippen LogP contribution in [0.4, 0.5) is 10.5 Å². The van der Waals surface area contributed by atoms with Crippen LogP contribution in [-0.4, -0.2) is 37.2 Å². The molecule has 2 amide bonds. The molecule has 3 rings (SSSR count). The lowest BCUT2D eigenvalue weighted by Gasteiger charge is -2.32. The van der Waals surface area contributed by atoms with E-state index in [4.69, 9.17) is 20.8 Å². The Labute approximate surface area is 134 Å². The van der Waals surface area contributed by atoms with Crippen LogP contribution in [0.3, 0.4) is 0 Å². The van der Waals surface area contributed by atoms with Crippen molar-refractivity contribution in [2.45, 2.75) is 6.54 Å². The number of nitrogens with zero attached hydrogens (tertiary/aromatic N) is 2. The molecule has 0 spiro atoms. The van der Waals surface area contributed by atoms with Crippen molar-refractivity contribution in [1.29, 1.82) is 0 Å². The molecule has 0 saturated carbocycles. The summed E-state index contributed by atoms with van der Waals surface area (Å²) in [6.07, 6.45) is 1.61. The second-order valence-corrected chi connectivity index (χ2v) is 5.46. The van der Waals surface area contributed by atoms with Gasteiger partial charge in [-0.2, -0.15) is 0 Å². The second-order valence-electron chi connectivity index (χ2n) is 5.02. The topological polar surface area (TPSA) is 45.9 Å². The molecule has 1 aliphatic rings.